The standard InChI is InChI=1S/C6H10ClO4/c7-2-1-3(8)5(10)6(11)4(2)9/h2-6,8,10-11H,1H2. The van der Waals surface area contributed by atoms with E-state index in [1.165, 1.54) is 0 Å². The highest BCUT2D eigenvalue weighted by atomic mass is 35.5. The van der Waals surface area contributed by atoms with E-state index >= 15 is 0 Å². The molecule has 5 atom stereocenters. The van der Waals surface area contributed by atoms with Crippen molar-refractivity contribution < 1.29 is 20.4 Å². The van der Waals surface area contributed by atoms with E-state index in [0.29, 0.717) is 0 Å². The first kappa shape index (κ1) is 9.22. The summed E-state index contributed by atoms with van der Waals surface area (Å²) in [6.07, 6.45) is -5.27. The molecule has 1 radical (unpaired) electrons. The van der Waals surface area contributed by atoms with Gasteiger partial charge in [0.15, 0.2) is 0 Å². The fraction of sp³-hybridized carbons (Fsp3) is 1.00. The second-order valence-corrected chi connectivity index (χ2v) is 3.33. The molecule has 11 heavy (non-hydrogen) atoms. The van der Waals surface area contributed by atoms with E-state index in [4.69, 9.17) is 26.9 Å². The van der Waals surface area contributed by atoms with E-state index in [1.54, 1.807) is 0 Å². The van der Waals surface area contributed by atoms with Gasteiger partial charge in [-0.15, -0.1) is 11.6 Å². The number of alkyl halides is 1. The minimum atomic E-state index is -1.46. The molecule has 5 heteroatoms. The van der Waals surface area contributed by atoms with Gasteiger partial charge in [-0.25, -0.2) is 5.11 Å². The number of rotatable bonds is 0. The molecule has 65 valence electrons. The zero-order chi connectivity index (χ0) is 8.59. The summed E-state index contributed by atoms with van der Waals surface area (Å²) >= 11 is 5.48. The van der Waals surface area contributed by atoms with Crippen molar-refractivity contribution in [3.05, 3.63) is 0 Å². The van der Waals surface area contributed by atoms with Crippen molar-refractivity contribution in [3.8, 4) is 0 Å². The largest absolute Gasteiger partial charge is 0.390 e. The average Bonchev–Trinajstić information content (AvgIpc) is 1.97. The number of aliphatic hydroxyl groups is 3. The Hall–Kier alpha value is 0.130. The number of hydrogen-bond donors (Lipinski definition) is 3. The summed E-state index contributed by atoms with van der Waals surface area (Å²) in [6, 6.07) is 0. The minimum absolute atomic E-state index is 0.0357. The summed E-state index contributed by atoms with van der Waals surface area (Å²) < 4.78 is 0. The first-order chi connectivity index (χ1) is 5.04. The van der Waals surface area contributed by atoms with Gasteiger partial charge in [0.2, 0.25) is 0 Å². The van der Waals surface area contributed by atoms with Gasteiger partial charge in [0.1, 0.15) is 18.3 Å². The summed E-state index contributed by atoms with van der Waals surface area (Å²) in [5, 5.41) is 37.1. The maximum absolute atomic E-state index is 10.9. The number of hydrogen-bond acceptors (Lipinski definition) is 3. The summed E-state index contributed by atoms with van der Waals surface area (Å²) in [5.41, 5.74) is 0. The van der Waals surface area contributed by atoms with Gasteiger partial charge in [-0.05, 0) is 6.42 Å². The molecule has 0 aromatic carbocycles. The first-order valence-electron chi connectivity index (χ1n) is 3.38. The van der Waals surface area contributed by atoms with Gasteiger partial charge in [-0.2, -0.15) is 0 Å². The quantitative estimate of drug-likeness (QED) is 0.414. The van der Waals surface area contributed by atoms with Gasteiger partial charge in [0, 0.05) is 0 Å². The Kier molecular flexibility index (Phi) is 2.72. The van der Waals surface area contributed by atoms with Gasteiger partial charge in [-0.3, -0.25) is 0 Å². The molecule has 1 aliphatic carbocycles. The Morgan fingerprint density at radius 1 is 1.18 bits per heavy atom. The van der Waals surface area contributed by atoms with Gasteiger partial charge in [0.05, 0.1) is 11.5 Å². The molecule has 4 nitrogen and oxygen atoms in total. The molecule has 1 rings (SSSR count). The first-order valence-corrected chi connectivity index (χ1v) is 3.81. The molecule has 0 bridgehead atoms. The van der Waals surface area contributed by atoms with Crippen molar-refractivity contribution in [1.82, 2.24) is 0 Å². The highest BCUT2D eigenvalue weighted by Gasteiger charge is 2.42. The number of aliphatic hydroxyl groups excluding tert-OH is 3. The lowest BCUT2D eigenvalue weighted by Crippen LogP contribution is -2.53. The van der Waals surface area contributed by atoms with Crippen LogP contribution in [-0.4, -0.2) is 45.1 Å². The van der Waals surface area contributed by atoms with Gasteiger partial charge < -0.3 is 15.3 Å². The Morgan fingerprint density at radius 2 is 1.73 bits per heavy atom. The predicted molar refractivity (Wildman–Crippen MR) is 36.8 cm³/mol. The van der Waals surface area contributed by atoms with Gasteiger partial charge in [-0.1, -0.05) is 0 Å². The molecule has 0 aliphatic heterocycles. The Bertz CT molecular complexity index is 129. The van der Waals surface area contributed by atoms with Gasteiger partial charge >= 0.3 is 0 Å². The maximum Gasteiger partial charge on any atom is 0.138 e. The van der Waals surface area contributed by atoms with E-state index in [9.17, 15) is 5.11 Å². The van der Waals surface area contributed by atoms with Crippen LogP contribution in [0.5, 0.6) is 0 Å². The number of halogens is 1. The topological polar surface area (TPSA) is 80.6 Å². The zero-order valence-electron chi connectivity index (χ0n) is 5.72. The maximum atomic E-state index is 10.9. The Labute approximate surface area is 69.0 Å². The van der Waals surface area contributed by atoms with Crippen LogP contribution in [0.3, 0.4) is 0 Å². The second kappa shape index (κ2) is 3.25. The zero-order valence-corrected chi connectivity index (χ0v) is 6.48. The van der Waals surface area contributed by atoms with Crippen molar-refractivity contribution in [2.24, 2.45) is 0 Å². The Morgan fingerprint density at radius 3 is 2.27 bits per heavy atom. The third-order valence-electron chi connectivity index (χ3n) is 1.90. The molecule has 0 amide bonds. The summed E-state index contributed by atoms with van der Waals surface area (Å²) in [5.74, 6) is 0. The molecule has 1 aliphatic rings. The van der Waals surface area contributed by atoms with Crippen LogP contribution in [0.25, 0.3) is 0 Å². The lowest BCUT2D eigenvalue weighted by Gasteiger charge is -2.34. The Balaban J connectivity index is 2.63. The molecule has 0 saturated heterocycles. The molecule has 5 unspecified atom stereocenters. The SMILES string of the molecule is [O]C1C(Cl)CC(O)C(O)C1O. The van der Waals surface area contributed by atoms with Crippen LogP contribution in [-0.2, 0) is 5.11 Å². The van der Waals surface area contributed by atoms with E-state index in [1.807, 2.05) is 0 Å². The van der Waals surface area contributed by atoms with Crippen molar-refractivity contribution in [2.45, 2.75) is 36.2 Å². The lowest BCUT2D eigenvalue weighted by molar-refractivity contribution is -0.149. The van der Waals surface area contributed by atoms with Crippen molar-refractivity contribution in [1.29, 1.82) is 0 Å². The van der Waals surface area contributed by atoms with Crippen LogP contribution in [0, 0.1) is 0 Å². The molecular weight excluding hydrogens is 172 g/mol. The molecule has 1 fully saturated rings. The minimum Gasteiger partial charge on any atom is -0.390 e. The van der Waals surface area contributed by atoms with E-state index in [-0.39, 0.29) is 6.42 Å². The molecule has 0 aromatic rings. The lowest BCUT2D eigenvalue weighted by atomic mass is 9.89. The average molecular weight is 182 g/mol. The van der Waals surface area contributed by atoms with Crippen LogP contribution in [0.4, 0.5) is 0 Å². The fourth-order valence-electron chi connectivity index (χ4n) is 1.14. The monoisotopic (exact) mass is 181 g/mol. The van der Waals surface area contributed by atoms with Crippen LogP contribution < -0.4 is 0 Å². The second-order valence-electron chi connectivity index (χ2n) is 2.76. The normalized spacial score (nSPS) is 52.6. The van der Waals surface area contributed by atoms with Crippen LogP contribution >= 0.6 is 11.6 Å². The van der Waals surface area contributed by atoms with Crippen molar-refractivity contribution >= 4 is 11.6 Å². The van der Waals surface area contributed by atoms with Crippen LogP contribution in [0.15, 0.2) is 0 Å². The molecular formula is C6H10ClO4. The van der Waals surface area contributed by atoms with E-state index < -0.39 is 29.8 Å². The summed E-state index contributed by atoms with van der Waals surface area (Å²) in [4.78, 5) is 0. The fourth-order valence-corrected chi connectivity index (χ4v) is 1.47. The molecule has 0 heterocycles. The van der Waals surface area contributed by atoms with E-state index in [0.717, 1.165) is 0 Å². The third kappa shape index (κ3) is 1.65. The smallest absolute Gasteiger partial charge is 0.138 e. The van der Waals surface area contributed by atoms with Crippen LogP contribution in [0.1, 0.15) is 6.42 Å². The highest BCUT2D eigenvalue weighted by Crippen LogP contribution is 2.24. The predicted octanol–water partition coefficient (Wildman–Crippen LogP) is -1.12. The molecule has 0 aromatic heterocycles. The third-order valence-corrected chi connectivity index (χ3v) is 2.33. The molecule has 1 saturated carbocycles. The highest BCUT2D eigenvalue weighted by molar-refractivity contribution is 6.21. The molecule has 0 spiro atoms. The summed E-state index contributed by atoms with van der Waals surface area (Å²) in [7, 11) is 0. The van der Waals surface area contributed by atoms with Gasteiger partial charge in [0.25, 0.3) is 0 Å². The molecule has 3 N–H and O–H groups in total. The van der Waals surface area contributed by atoms with E-state index in [2.05, 4.69) is 0 Å². The summed E-state index contributed by atoms with van der Waals surface area (Å²) in [6.45, 7) is 0. The van der Waals surface area contributed by atoms with Crippen molar-refractivity contribution in [3.63, 3.8) is 0 Å². The van der Waals surface area contributed by atoms with Crippen LogP contribution in [0.2, 0.25) is 0 Å². The van der Waals surface area contributed by atoms with Crippen molar-refractivity contribution in [2.75, 3.05) is 0 Å².